The summed E-state index contributed by atoms with van der Waals surface area (Å²) in [4.78, 5) is 28.3. The molecule has 0 aromatic heterocycles. The second-order valence-corrected chi connectivity index (χ2v) is 9.21. The third-order valence-corrected chi connectivity index (χ3v) is 7.49. The summed E-state index contributed by atoms with van der Waals surface area (Å²) in [6.07, 6.45) is 5.86. The molecule has 2 fully saturated rings. The maximum absolute atomic E-state index is 13.4. The Kier molecular flexibility index (Phi) is 6.72. The fourth-order valence-corrected chi connectivity index (χ4v) is 6.05. The van der Waals surface area contributed by atoms with E-state index in [1.165, 1.54) is 31.4 Å². The molecule has 2 atom stereocenters. The van der Waals surface area contributed by atoms with Crippen molar-refractivity contribution in [2.75, 3.05) is 5.75 Å². The van der Waals surface area contributed by atoms with Gasteiger partial charge in [0.05, 0.1) is 5.37 Å². The van der Waals surface area contributed by atoms with Gasteiger partial charge in [0.1, 0.15) is 11.9 Å². The molecule has 2 aromatic rings. The number of benzene rings is 2. The Morgan fingerprint density at radius 1 is 1.00 bits per heavy atom. The molecule has 1 heterocycles. The zero-order chi connectivity index (χ0) is 20.9. The van der Waals surface area contributed by atoms with Crippen molar-refractivity contribution in [2.45, 2.75) is 50.1 Å². The number of nitrogens with one attached hydrogen (secondary N) is 1. The monoisotopic (exact) mass is 426 g/mol. The number of thioether (sulfide) groups is 1. The summed E-state index contributed by atoms with van der Waals surface area (Å²) < 4.78 is 13.1. The normalized spacial score (nSPS) is 22.1. The van der Waals surface area contributed by atoms with E-state index in [2.05, 4.69) is 5.32 Å². The van der Waals surface area contributed by atoms with E-state index in [0.717, 1.165) is 18.4 Å². The molecular weight excluding hydrogens is 399 g/mol. The summed E-state index contributed by atoms with van der Waals surface area (Å²) in [6.45, 7) is 0.321. The first-order valence-corrected chi connectivity index (χ1v) is 11.7. The molecule has 158 valence electrons. The third kappa shape index (κ3) is 4.69. The molecule has 4 rings (SSSR count). The standard InChI is InChI=1S/C24H27FN2O2S/c25-20-13-11-17(12-14-20)15-26-22(28)21-16-30-24(19-9-5-2-6-10-19)27(21)23(29)18-7-3-1-4-8-18/h1,3-4,7-8,11-14,19,21,24H,2,5-6,9-10,15-16H2,(H,26,28)/t21-,24+/m1/s1. The van der Waals surface area contributed by atoms with Crippen LogP contribution >= 0.6 is 11.8 Å². The summed E-state index contributed by atoms with van der Waals surface area (Å²) in [5.41, 5.74) is 1.46. The highest BCUT2D eigenvalue weighted by atomic mass is 32.2. The lowest BCUT2D eigenvalue weighted by atomic mass is 9.88. The minimum absolute atomic E-state index is 0.0413. The Morgan fingerprint density at radius 3 is 2.40 bits per heavy atom. The largest absolute Gasteiger partial charge is 0.350 e. The van der Waals surface area contributed by atoms with E-state index in [-0.39, 0.29) is 23.0 Å². The average molecular weight is 427 g/mol. The van der Waals surface area contributed by atoms with Crippen molar-refractivity contribution >= 4 is 23.6 Å². The lowest BCUT2D eigenvalue weighted by Crippen LogP contribution is -2.51. The van der Waals surface area contributed by atoms with Crippen molar-refractivity contribution < 1.29 is 14.0 Å². The van der Waals surface area contributed by atoms with Crippen LogP contribution in [0.4, 0.5) is 4.39 Å². The summed E-state index contributed by atoms with van der Waals surface area (Å²) in [5.74, 6) is 0.528. The highest BCUT2D eigenvalue weighted by molar-refractivity contribution is 8.00. The van der Waals surface area contributed by atoms with Crippen LogP contribution < -0.4 is 5.32 Å². The lowest BCUT2D eigenvalue weighted by Gasteiger charge is -2.35. The van der Waals surface area contributed by atoms with E-state index < -0.39 is 6.04 Å². The van der Waals surface area contributed by atoms with Gasteiger partial charge in [0, 0.05) is 17.9 Å². The number of hydrogen-bond acceptors (Lipinski definition) is 3. The summed E-state index contributed by atoms with van der Waals surface area (Å²) in [7, 11) is 0. The molecule has 6 heteroatoms. The van der Waals surface area contributed by atoms with Gasteiger partial charge < -0.3 is 10.2 Å². The highest BCUT2D eigenvalue weighted by Gasteiger charge is 2.45. The van der Waals surface area contributed by atoms with E-state index in [0.29, 0.717) is 23.8 Å². The quantitative estimate of drug-likeness (QED) is 0.760. The average Bonchev–Trinajstić information content (AvgIpc) is 3.24. The zero-order valence-corrected chi connectivity index (χ0v) is 17.7. The molecule has 0 spiro atoms. The molecule has 0 unspecified atom stereocenters. The maximum atomic E-state index is 13.4. The molecule has 1 saturated heterocycles. The van der Waals surface area contributed by atoms with E-state index in [9.17, 15) is 14.0 Å². The minimum atomic E-state index is -0.491. The molecule has 0 radical (unpaired) electrons. The van der Waals surface area contributed by atoms with Gasteiger partial charge in [-0.15, -0.1) is 11.8 Å². The molecule has 0 bridgehead atoms. The van der Waals surface area contributed by atoms with Crippen molar-refractivity contribution in [3.05, 3.63) is 71.5 Å². The van der Waals surface area contributed by atoms with Gasteiger partial charge in [-0.2, -0.15) is 0 Å². The molecule has 1 saturated carbocycles. The van der Waals surface area contributed by atoms with Gasteiger partial charge >= 0.3 is 0 Å². The molecule has 2 aromatic carbocycles. The van der Waals surface area contributed by atoms with E-state index >= 15 is 0 Å². The lowest BCUT2D eigenvalue weighted by molar-refractivity contribution is -0.125. The van der Waals surface area contributed by atoms with Crippen LogP contribution in [0.3, 0.4) is 0 Å². The number of hydrogen-bond donors (Lipinski definition) is 1. The number of carbonyl (C=O) groups excluding carboxylic acids is 2. The van der Waals surface area contributed by atoms with Crippen LogP contribution in [0.1, 0.15) is 48.0 Å². The molecule has 2 aliphatic rings. The molecule has 1 aliphatic carbocycles. The number of carbonyl (C=O) groups is 2. The van der Waals surface area contributed by atoms with Crippen molar-refractivity contribution in [3.63, 3.8) is 0 Å². The molecule has 1 N–H and O–H groups in total. The van der Waals surface area contributed by atoms with Crippen LogP contribution in [0, 0.1) is 11.7 Å². The number of nitrogens with zero attached hydrogens (tertiary/aromatic N) is 1. The van der Waals surface area contributed by atoms with Crippen LogP contribution in [-0.2, 0) is 11.3 Å². The summed E-state index contributed by atoms with van der Waals surface area (Å²) in [5, 5.41) is 2.99. The Hall–Kier alpha value is -2.34. The Balaban J connectivity index is 1.51. The molecule has 2 amide bonds. The van der Waals surface area contributed by atoms with E-state index in [1.54, 1.807) is 23.9 Å². The van der Waals surface area contributed by atoms with Crippen molar-refractivity contribution in [1.29, 1.82) is 0 Å². The number of amides is 2. The van der Waals surface area contributed by atoms with Gasteiger partial charge in [-0.1, -0.05) is 49.6 Å². The van der Waals surface area contributed by atoms with Crippen LogP contribution in [0.25, 0.3) is 0 Å². The first kappa shape index (κ1) is 20.9. The summed E-state index contributed by atoms with van der Waals surface area (Å²) in [6, 6.07) is 14.8. The predicted octanol–water partition coefficient (Wildman–Crippen LogP) is 4.61. The molecule has 1 aliphatic heterocycles. The van der Waals surface area contributed by atoms with Crippen LogP contribution in [-0.4, -0.2) is 33.9 Å². The van der Waals surface area contributed by atoms with Crippen molar-refractivity contribution in [2.24, 2.45) is 5.92 Å². The number of halogens is 1. The van der Waals surface area contributed by atoms with E-state index in [1.807, 2.05) is 35.2 Å². The number of rotatable bonds is 5. The first-order chi connectivity index (χ1) is 14.6. The topological polar surface area (TPSA) is 49.4 Å². The first-order valence-electron chi connectivity index (χ1n) is 10.6. The van der Waals surface area contributed by atoms with Gasteiger partial charge in [-0.25, -0.2) is 4.39 Å². The predicted molar refractivity (Wildman–Crippen MR) is 117 cm³/mol. The van der Waals surface area contributed by atoms with Crippen molar-refractivity contribution in [3.8, 4) is 0 Å². The highest BCUT2D eigenvalue weighted by Crippen LogP contribution is 2.41. The SMILES string of the molecule is O=C(NCc1ccc(F)cc1)[C@H]1CS[C@@H](C2CCCCC2)N1C(=O)c1ccccc1. The van der Waals surface area contributed by atoms with Gasteiger partial charge in [0.15, 0.2) is 0 Å². The minimum Gasteiger partial charge on any atom is -0.350 e. The van der Waals surface area contributed by atoms with Gasteiger partial charge in [-0.3, -0.25) is 9.59 Å². The van der Waals surface area contributed by atoms with E-state index in [4.69, 9.17) is 0 Å². The second-order valence-electron chi connectivity index (χ2n) is 8.06. The van der Waals surface area contributed by atoms with Gasteiger partial charge in [0.2, 0.25) is 5.91 Å². The maximum Gasteiger partial charge on any atom is 0.255 e. The Bertz CT molecular complexity index is 869. The fourth-order valence-electron chi connectivity index (χ4n) is 4.41. The molecular formula is C24H27FN2O2S. The van der Waals surface area contributed by atoms with Crippen LogP contribution in [0.5, 0.6) is 0 Å². The second kappa shape index (κ2) is 9.65. The van der Waals surface area contributed by atoms with Crippen LogP contribution in [0.2, 0.25) is 0 Å². The summed E-state index contributed by atoms with van der Waals surface area (Å²) >= 11 is 1.73. The Morgan fingerprint density at radius 2 is 1.70 bits per heavy atom. The van der Waals surface area contributed by atoms with Crippen molar-refractivity contribution in [1.82, 2.24) is 10.2 Å². The van der Waals surface area contributed by atoms with Gasteiger partial charge in [0.25, 0.3) is 5.91 Å². The fraction of sp³-hybridized carbons (Fsp3) is 0.417. The van der Waals surface area contributed by atoms with Gasteiger partial charge in [-0.05, 0) is 48.6 Å². The molecule has 4 nitrogen and oxygen atoms in total. The zero-order valence-electron chi connectivity index (χ0n) is 16.9. The Labute approximate surface area is 181 Å². The third-order valence-electron chi connectivity index (χ3n) is 6.03. The van der Waals surface area contributed by atoms with Crippen LogP contribution in [0.15, 0.2) is 54.6 Å². The molecule has 30 heavy (non-hydrogen) atoms. The smallest absolute Gasteiger partial charge is 0.255 e.